The predicted octanol–water partition coefficient (Wildman–Crippen LogP) is 6.14. The van der Waals surface area contributed by atoms with E-state index in [9.17, 15) is 18.0 Å². The number of carbonyl (C=O) groups excluding carboxylic acids is 1. The van der Waals surface area contributed by atoms with Gasteiger partial charge >= 0.3 is 0 Å². The number of hydrogen-bond donors (Lipinski definition) is 1. The number of nitrogens with one attached hydrogen (secondary N) is 1. The number of amides is 1. The van der Waals surface area contributed by atoms with Crippen molar-refractivity contribution in [2.75, 3.05) is 11.9 Å². The molecule has 1 fully saturated rings. The fraction of sp³-hybridized carbons (Fsp3) is 0.333. The molecular weight excluding hydrogens is 439 g/mol. The zero-order valence-corrected chi connectivity index (χ0v) is 18.2. The van der Waals surface area contributed by atoms with Crippen molar-refractivity contribution in [2.24, 2.45) is 0 Å². The maximum Gasteiger partial charge on any atom is 0.280 e. The molecule has 0 aliphatic heterocycles. The molecule has 0 unspecified atom stereocenters. The molecule has 168 valence electrons. The number of nitrogens with zero attached hydrogens (tertiary/aromatic N) is 2. The number of halogens is 4. The number of pyridine rings is 1. The van der Waals surface area contributed by atoms with Crippen LogP contribution in [0.2, 0.25) is 5.02 Å². The average Bonchev–Trinajstić information content (AvgIpc) is 2.78. The minimum atomic E-state index is -2.67. The van der Waals surface area contributed by atoms with E-state index in [1.54, 1.807) is 18.2 Å². The first-order valence-electron chi connectivity index (χ1n) is 10.5. The molecule has 1 saturated carbocycles. The van der Waals surface area contributed by atoms with Crippen LogP contribution in [0.15, 0.2) is 48.5 Å². The molecule has 0 radical (unpaired) electrons. The van der Waals surface area contributed by atoms with Crippen LogP contribution in [0, 0.1) is 5.82 Å². The molecule has 3 aromatic rings. The smallest absolute Gasteiger partial charge is 0.280 e. The van der Waals surface area contributed by atoms with Crippen LogP contribution < -0.4 is 10.2 Å². The third kappa shape index (κ3) is 4.83. The van der Waals surface area contributed by atoms with Crippen LogP contribution in [-0.4, -0.2) is 30.0 Å². The van der Waals surface area contributed by atoms with Gasteiger partial charge in [0.15, 0.2) is 0 Å². The van der Waals surface area contributed by atoms with E-state index in [1.165, 1.54) is 30.3 Å². The lowest BCUT2D eigenvalue weighted by molar-refractivity contribution is 0.0925. The lowest BCUT2D eigenvalue weighted by atomic mass is 9.89. The average molecular weight is 462 g/mol. The minimum absolute atomic E-state index is 0.0115. The number of benzene rings is 2. The Morgan fingerprint density at radius 3 is 2.44 bits per heavy atom. The van der Waals surface area contributed by atoms with Gasteiger partial charge in [-0.3, -0.25) is 4.79 Å². The first kappa shape index (κ1) is 22.4. The van der Waals surface area contributed by atoms with Crippen molar-refractivity contribution >= 4 is 34.1 Å². The number of aromatic nitrogens is 1. The lowest BCUT2D eigenvalue weighted by Crippen LogP contribution is -2.43. The first-order chi connectivity index (χ1) is 15.3. The standard InChI is InChI=1S/C24H23ClF3N3O/c1-31(22-13-21(23(27)28)30-20-11-4-15(25)12-19(20)22)18-9-7-17(8-10-18)29-24(32)14-2-5-16(26)6-3-14/h2-6,11-13,17-18,23H,7-10H2,1H3,(H,29,32). The molecule has 1 aliphatic rings. The molecule has 1 aromatic heterocycles. The van der Waals surface area contributed by atoms with E-state index < -0.39 is 6.43 Å². The molecule has 4 rings (SSSR count). The number of rotatable bonds is 5. The van der Waals surface area contributed by atoms with Crippen LogP contribution in [-0.2, 0) is 0 Å². The Labute approximate surface area is 189 Å². The molecule has 32 heavy (non-hydrogen) atoms. The molecule has 0 spiro atoms. The van der Waals surface area contributed by atoms with E-state index in [1.807, 2.05) is 11.9 Å². The lowest BCUT2D eigenvalue weighted by Gasteiger charge is -2.37. The predicted molar refractivity (Wildman–Crippen MR) is 120 cm³/mol. The van der Waals surface area contributed by atoms with Crippen LogP contribution in [0.5, 0.6) is 0 Å². The highest BCUT2D eigenvalue weighted by molar-refractivity contribution is 6.31. The number of carbonyl (C=O) groups is 1. The summed E-state index contributed by atoms with van der Waals surface area (Å²) in [6.07, 6.45) is 0.430. The van der Waals surface area contributed by atoms with E-state index in [0.717, 1.165) is 31.1 Å². The highest BCUT2D eigenvalue weighted by Crippen LogP contribution is 2.35. The molecule has 1 aliphatic carbocycles. The van der Waals surface area contributed by atoms with Gasteiger partial charge in [0.05, 0.1) is 5.52 Å². The SMILES string of the molecule is CN(c1cc(C(F)F)nc2ccc(Cl)cc12)C1CCC(NC(=O)c2ccc(F)cc2)CC1. The van der Waals surface area contributed by atoms with Crippen LogP contribution in [0.25, 0.3) is 10.9 Å². The molecule has 0 bridgehead atoms. The van der Waals surface area contributed by atoms with Crippen LogP contribution >= 0.6 is 11.6 Å². The number of fused-ring (bicyclic) bond motifs is 1. The fourth-order valence-corrected chi connectivity index (χ4v) is 4.45. The van der Waals surface area contributed by atoms with Crippen molar-refractivity contribution in [1.82, 2.24) is 10.3 Å². The number of alkyl halides is 2. The van der Waals surface area contributed by atoms with E-state index in [2.05, 4.69) is 10.3 Å². The van der Waals surface area contributed by atoms with E-state index in [4.69, 9.17) is 11.6 Å². The Hall–Kier alpha value is -2.80. The Balaban J connectivity index is 1.47. The molecule has 2 aromatic carbocycles. The summed E-state index contributed by atoms with van der Waals surface area (Å²) in [4.78, 5) is 18.5. The van der Waals surface area contributed by atoms with Gasteiger partial charge < -0.3 is 10.2 Å². The second-order valence-electron chi connectivity index (χ2n) is 8.13. The van der Waals surface area contributed by atoms with Gasteiger partial charge in [-0.05, 0) is 74.2 Å². The Bertz CT molecular complexity index is 1120. The fourth-order valence-electron chi connectivity index (χ4n) is 4.28. The van der Waals surface area contributed by atoms with Crippen molar-refractivity contribution in [3.8, 4) is 0 Å². The second kappa shape index (κ2) is 9.36. The zero-order valence-electron chi connectivity index (χ0n) is 17.5. The topological polar surface area (TPSA) is 45.2 Å². The van der Waals surface area contributed by atoms with Crippen molar-refractivity contribution in [3.63, 3.8) is 0 Å². The first-order valence-corrected chi connectivity index (χ1v) is 10.9. The molecule has 4 nitrogen and oxygen atoms in total. The third-order valence-electron chi connectivity index (χ3n) is 6.06. The van der Waals surface area contributed by atoms with Crippen LogP contribution in [0.4, 0.5) is 18.9 Å². The summed E-state index contributed by atoms with van der Waals surface area (Å²) < 4.78 is 39.9. The maximum absolute atomic E-state index is 13.4. The van der Waals surface area contributed by atoms with Crippen molar-refractivity contribution in [2.45, 2.75) is 44.2 Å². The molecule has 0 saturated heterocycles. The Morgan fingerprint density at radius 1 is 1.09 bits per heavy atom. The van der Waals surface area contributed by atoms with E-state index in [-0.39, 0.29) is 29.5 Å². The van der Waals surface area contributed by atoms with Gasteiger partial charge in [0.1, 0.15) is 11.5 Å². The van der Waals surface area contributed by atoms with Crippen LogP contribution in [0.3, 0.4) is 0 Å². The van der Waals surface area contributed by atoms with E-state index >= 15 is 0 Å². The zero-order chi connectivity index (χ0) is 22.8. The summed E-state index contributed by atoms with van der Waals surface area (Å²) >= 11 is 6.15. The summed E-state index contributed by atoms with van der Waals surface area (Å²) in [7, 11) is 1.90. The largest absolute Gasteiger partial charge is 0.371 e. The summed E-state index contributed by atoms with van der Waals surface area (Å²) in [5, 5.41) is 4.26. The summed E-state index contributed by atoms with van der Waals surface area (Å²) in [6, 6.07) is 12.1. The molecule has 1 amide bonds. The van der Waals surface area contributed by atoms with Gasteiger partial charge in [-0.2, -0.15) is 0 Å². The van der Waals surface area contributed by atoms with Crippen molar-refractivity contribution in [3.05, 3.63) is 70.6 Å². The number of hydrogen-bond acceptors (Lipinski definition) is 3. The minimum Gasteiger partial charge on any atom is -0.371 e. The second-order valence-corrected chi connectivity index (χ2v) is 8.56. The van der Waals surface area contributed by atoms with Gasteiger partial charge in [0.2, 0.25) is 0 Å². The Morgan fingerprint density at radius 2 is 1.78 bits per heavy atom. The highest BCUT2D eigenvalue weighted by Gasteiger charge is 2.27. The summed E-state index contributed by atoms with van der Waals surface area (Å²) in [5.41, 5.74) is 1.31. The Kier molecular flexibility index (Phi) is 6.55. The normalized spacial score (nSPS) is 18.7. The van der Waals surface area contributed by atoms with Gasteiger partial charge in [0.25, 0.3) is 12.3 Å². The van der Waals surface area contributed by atoms with Crippen molar-refractivity contribution < 1.29 is 18.0 Å². The third-order valence-corrected chi connectivity index (χ3v) is 6.29. The van der Waals surface area contributed by atoms with Crippen LogP contribution in [0.1, 0.15) is 48.2 Å². The van der Waals surface area contributed by atoms with Gasteiger partial charge in [-0.15, -0.1) is 0 Å². The molecule has 8 heteroatoms. The molecular formula is C24H23ClF3N3O. The quantitative estimate of drug-likeness (QED) is 0.496. The molecule has 1 N–H and O–H groups in total. The summed E-state index contributed by atoms with van der Waals surface area (Å²) in [6.45, 7) is 0. The molecule has 1 heterocycles. The highest BCUT2D eigenvalue weighted by atomic mass is 35.5. The van der Waals surface area contributed by atoms with E-state index in [0.29, 0.717) is 21.8 Å². The van der Waals surface area contributed by atoms with Gasteiger partial charge in [-0.25, -0.2) is 18.2 Å². The monoisotopic (exact) mass is 461 g/mol. The van der Waals surface area contributed by atoms with Gasteiger partial charge in [0, 0.05) is 40.8 Å². The number of anilines is 1. The molecule has 0 atom stereocenters. The maximum atomic E-state index is 13.4. The summed E-state index contributed by atoms with van der Waals surface area (Å²) in [5.74, 6) is -0.608. The van der Waals surface area contributed by atoms with Gasteiger partial charge in [-0.1, -0.05) is 11.6 Å². The van der Waals surface area contributed by atoms with Crippen molar-refractivity contribution in [1.29, 1.82) is 0 Å².